The fourth-order valence-electron chi connectivity index (χ4n) is 2.51. The molecular weight excluding hydrogens is 439 g/mol. The Bertz CT molecular complexity index is 893. The lowest BCUT2D eigenvalue weighted by Gasteiger charge is -2.18. The molecule has 0 aliphatic carbocycles. The molecule has 9 heteroatoms. The van der Waals surface area contributed by atoms with Gasteiger partial charge in [-0.25, -0.2) is 0 Å². The normalized spacial score (nSPS) is 11.5. The van der Waals surface area contributed by atoms with Crippen LogP contribution in [-0.4, -0.2) is 24.4 Å². The number of halogens is 3. The molecule has 0 bridgehead atoms. The molecule has 2 aromatic carbocycles. The van der Waals surface area contributed by atoms with E-state index in [0.29, 0.717) is 5.02 Å². The first-order valence-electron chi connectivity index (χ1n) is 8.59. The highest BCUT2D eigenvalue weighted by Gasteiger charge is 2.19. The number of amides is 2. The van der Waals surface area contributed by atoms with E-state index in [1.165, 1.54) is 19.1 Å². The van der Waals surface area contributed by atoms with Crippen LogP contribution in [0.2, 0.25) is 15.1 Å². The quantitative estimate of drug-likeness (QED) is 0.590. The molecule has 0 aromatic heterocycles. The number of aryl methyl sites for hydroxylation is 1. The fourth-order valence-corrected chi connectivity index (χ4v) is 3.42. The predicted octanol–water partition coefficient (Wildman–Crippen LogP) is 4.70. The summed E-state index contributed by atoms with van der Waals surface area (Å²) in [5.74, 6) is -1.54. The number of hydrogen-bond donors (Lipinski definition) is 2. The number of carbonyl (C=O) groups is 3. The molecule has 0 spiro atoms. The number of rotatable bonds is 7. The van der Waals surface area contributed by atoms with Gasteiger partial charge in [0.1, 0.15) is 0 Å². The Hall–Kier alpha value is -2.28. The Morgan fingerprint density at radius 3 is 2.17 bits per heavy atom. The summed E-state index contributed by atoms with van der Waals surface area (Å²) < 4.78 is 5.02. The third-order valence-corrected chi connectivity index (χ3v) is 4.68. The zero-order valence-corrected chi connectivity index (χ0v) is 18.0. The summed E-state index contributed by atoms with van der Waals surface area (Å²) in [7, 11) is 0. The van der Waals surface area contributed by atoms with Crippen molar-refractivity contribution in [1.82, 2.24) is 5.32 Å². The Kier molecular flexibility index (Phi) is 8.32. The second kappa shape index (κ2) is 10.5. The lowest BCUT2D eigenvalue weighted by atomic mass is 10.0. The lowest BCUT2D eigenvalue weighted by Crippen LogP contribution is -2.29. The van der Waals surface area contributed by atoms with E-state index in [1.54, 1.807) is 0 Å². The van der Waals surface area contributed by atoms with Crippen molar-refractivity contribution >= 4 is 58.3 Å². The third kappa shape index (κ3) is 7.24. The SMILES string of the molecule is CC(=O)NC(CC(=O)OCC(=O)Nc1c(Cl)cc(Cl)cc1Cl)c1ccc(C)cc1. The molecule has 2 N–H and O–H groups in total. The molecule has 0 saturated heterocycles. The van der Waals surface area contributed by atoms with Gasteiger partial charge in [0.05, 0.1) is 28.2 Å². The Labute approximate surface area is 183 Å². The second-order valence-corrected chi connectivity index (χ2v) is 7.57. The largest absolute Gasteiger partial charge is 0.455 e. The molecule has 0 aliphatic rings. The number of ether oxygens (including phenoxy) is 1. The Balaban J connectivity index is 1.95. The van der Waals surface area contributed by atoms with Crippen LogP contribution < -0.4 is 10.6 Å². The zero-order valence-electron chi connectivity index (χ0n) is 15.7. The highest BCUT2D eigenvalue weighted by Crippen LogP contribution is 2.33. The van der Waals surface area contributed by atoms with E-state index in [4.69, 9.17) is 39.5 Å². The molecule has 0 heterocycles. The number of hydrogen-bond acceptors (Lipinski definition) is 4. The van der Waals surface area contributed by atoms with Crippen LogP contribution in [0.15, 0.2) is 36.4 Å². The molecular formula is C20H19Cl3N2O4. The van der Waals surface area contributed by atoms with Crippen LogP contribution in [0, 0.1) is 6.92 Å². The van der Waals surface area contributed by atoms with Crippen molar-refractivity contribution in [3.8, 4) is 0 Å². The van der Waals surface area contributed by atoms with Crippen LogP contribution in [0.3, 0.4) is 0 Å². The summed E-state index contributed by atoms with van der Waals surface area (Å²) in [5, 5.41) is 5.83. The van der Waals surface area contributed by atoms with Crippen molar-refractivity contribution in [2.24, 2.45) is 0 Å². The van der Waals surface area contributed by atoms with Gasteiger partial charge in [-0.05, 0) is 24.6 Å². The number of carbonyl (C=O) groups excluding carboxylic acids is 3. The fraction of sp³-hybridized carbons (Fsp3) is 0.250. The molecule has 2 aromatic rings. The average molecular weight is 458 g/mol. The molecule has 29 heavy (non-hydrogen) atoms. The Morgan fingerprint density at radius 2 is 1.62 bits per heavy atom. The van der Waals surface area contributed by atoms with Crippen molar-refractivity contribution in [3.63, 3.8) is 0 Å². The molecule has 154 valence electrons. The van der Waals surface area contributed by atoms with Gasteiger partial charge in [0.25, 0.3) is 5.91 Å². The van der Waals surface area contributed by atoms with Crippen LogP contribution in [-0.2, 0) is 19.1 Å². The summed E-state index contributed by atoms with van der Waals surface area (Å²) in [5.41, 5.74) is 1.98. The smallest absolute Gasteiger partial charge is 0.308 e. The lowest BCUT2D eigenvalue weighted by molar-refractivity contribution is -0.148. The first-order valence-corrected chi connectivity index (χ1v) is 9.72. The minimum atomic E-state index is -0.646. The molecule has 0 aliphatic heterocycles. The molecule has 1 unspecified atom stereocenters. The van der Waals surface area contributed by atoms with E-state index in [9.17, 15) is 14.4 Å². The monoisotopic (exact) mass is 456 g/mol. The zero-order chi connectivity index (χ0) is 21.6. The summed E-state index contributed by atoms with van der Waals surface area (Å²) in [6, 6.07) is 9.68. The van der Waals surface area contributed by atoms with E-state index >= 15 is 0 Å². The number of nitrogens with one attached hydrogen (secondary N) is 2. The van der Waals surface area contributed by atoms with Crippen molar-refractivity contribution in [3.05, 3.63) is 62.6 Å². The maximum atomic E-state index is 12.2. The van der Waals surface area contributed by atoms with Gasteiger partial charge in [-0.1, -0.05) is 64.6 Å². The maximum Gasteiger partial charge on any atom is 0.308 e. The van der Waals surface area contributed by atoms with E-state index < -0.39 is 24.5 Å². The minimum absolute atomic E-state index is 0.127. The molecule has 0 saturated carbocycles. The molecule has 0 fully saturated rings. The molecule has 2 amide bonds. The van der Waals surface area contributed by atoms with Crippen molar-refractivity contribution in [2.75, 3.05) is 11.9 Å². The highest BCUT2D eigenvalue weighted by atomic mass is 35.5. The van der Waals surface area contributed by atoms with Gasteiger partial charge in [0.2, 0.25) is 5.91 Å². The molecule has 0 radical (unpaired) electrons. The third-order valence-electron chi connectivity index (χ3n) is 3.86. The van der Waals surface area contributed by atoms with Crippen LogP contribution in [0.5, 0.6) is 0 Å². The van der Waals surface area contributed by atoms with Crippen molar-refractivity contribution in [2.45, 2.75) is 26.3 Å². The molecule has 1 atom stereocenters. The highest BCUT2D eigenvalue weighted by molar-refractivity contribution is 6.42. The van der Waals surface area contributed by atoms with Crippen LogP contribution >= 0.6 is 34.8 Å². The molecule has 2 rings (SSSR count). The topological polar surface area (TPSA) is 84.5 Å². The number of anilines is 1. The average Bonchev–Trinajstić information content (AvgIpc) is 2.62. The minimum Gasteiger partial charge on any atom is -0.455 e. The summed E-state index contributed by atoms with van der Waals surface area (Å²) in [6.45, 7) is 2.76. The van der Waals surface area contributed by atoms with E-state index in [-0.39, 0.29) is 28.1 Å². The summed E-state index contributed by atoms with van der Waals surface area (Å²) in [4.78, 5) is 35.7. The second-order valence-electron chi connectivity index (χ2n) is 6.32. The van der Waals surface area contributed by atoms with Gasteiger partial charge in [-0.2, -0.15) is 0 Å². The van der Waals surface area contributed by atoms with Crippen molar-refractivity contribution < 1.29 is 19.1 Å². The van der Waals surface area contributed by atoms with Crippen molar-refractivity contribution in [1.29, 1.82) is 0 Å². The van der Waals surface area contributed by atoms with Gasteiger partial charge in [0.15, 0.2) is 6.61 Å². The predicted molar refractivity (Wildman–Crippen MR) is 113 cm³/mol. The first-order chi connectivity index (χ1) is 13.7. The summed E-state index contributed by atoms with van der Waals surface area (Å²) >= 11 is 17.8. The molecule has 6 nitrogen and oxygen atoms in total. The first kappa shape index (κ1) is 23.0. The van der Waals surface area contributed by atoms with Gasteiger partial charge >= 0.3 is 5.97 Å². The Morgan fingerprint density at radius 1 is 1.03 bits per heavy atom. The van der Waals surface area contributed by atoms with Gasteiger partial charge in [0, 0.05) is 11.9 Å². The van der Waals surface area contributed by atoms with E-state index in [1.807, 2.05) is 31.2 Å². The summed E-state index contributed by atoms with van der Waals surface area (Å²) in [6.07, 6.45) is -0.127. The van der Waals surface area contributed by atoms with E-state index in [0.717, 1.165) is 11.1 Å². The van der Waals surface area contributed by atoms with Gasteiger partial charge in [-0.15, -0.1) is 0 Å². The van der Waals surface area contributed by atoms with Crippen LogP contribution in [0.1, 0.15) is 30.5 Å². The van der Waals surface area contributed by atoms with Crippen LogP contribution in [0.4, 0.5) is 5.69 Å². The number of esters is 1. The van der Waals surface area contributed by atoms with Crippen LogP contribution in [0.25, 0.3) is 0 Å². The van der Waals surface area contributed by atoms with E-state index in [2.05, 4.69) is 10.6 Å². The standard InChI is InChI=1S/C20H19Cl3N2O4/c1-11-3-5-13(6-4-11)17(24-12(2)26)9-19(28)29-10-18(27)25-20-15(22)7-14(21)8-16(20)23/h3-8,17H,9-10H2,1-2H3,(H,24,26)(H,25,27). The van der Waals surface area contributed by atoms with Gasteiger partial charge in [-0.3, -0.25) is 14.4 Å². The van der Waals surface area contributed by atoms with Gasteiger partial charge < -0.3 is 15.4 Å². The number of benzene rings is 2. The maximum absolute atomic E-state index is 12.2.